The zero-order chi connectivity index (χ0) is 14.7. The number of benzene rings is 1. The molecule has 1 heterocycles. The van der Waals surface area contributed by atoms with E-state index >= 15 is 0 Å². The Morgan fingerprint density at radius 2 is 1.85 bits per heavy atom. The monoisotopic (exact) mass is 333 g/mol. The van der Waals surface area contributed by atoms with E-state index in [0.717, 1.165) is 6.07 Å². The zero-order valence-corrected chi connectivity index (χ0v) is 12.0. The van der Waals surface area contributed by atoms with E-state index in [1.165, 1.54) is 18.5 Å². The summed E-state index contributed by atoms with van der Waals surface area (Å²) >= 11 is 17.1. The van der Waals surface area contributed by atoms with Gasteiger partial charge >= 0.3 is 5.69 Å². The Morgan fingerprint density at radius 3 is 2.45 bits per heavy atom. The molecule has 0 fully saturated rings. The maximum absolute atomic E-state index is 10.9. The van der Waals surface area contributed by atoms with Gasteiger partial charge in [-0.05, 0) is 0 Å². The van der Waals surface area contributed by atoms with Crippen LogP contribution in [0.25, 0.3) is 0 Å². The first-order valence-electron chi connectivity index (χ1n) is 5.20. The van der Waals surface area contributed by atoms with Crippen LogP contribution in [0.15, 0.2) is 24.5 Å². The van der Waals surface area contributed by atoms with Crippen LogP contribution in [0.1, 0.15) is 5.69 Å². The van der Waals surface area contributed by atoms with Crippen molar-refractivity contribution < 1.29 is 9.66 Å². The summed E-state index contributed by atoms with van der Waals surface area (Å²) in [4.78, 5) is 18.1. The number of aromatic nitrogens is 2. The summed E-state index contributed by atoms with van der Waals surface area (Å²) in [6.07, 6.45) is 2.76. The van der Waals surface area contributed by atoms with E-state index < -0.39 is 4.92 Å². The molecule has 0 atom stereocenters. The normalized spacial score (nSPS) is 10.3. The molecule has 20 heavy (non-hydrogen) atoms. The summed E-state index contributed by atoms with van der Waals surface area (Å²) in [6, 6.07) is 2.41. The van der Waals surface area contributed by atoms with Crippen LogP contribution in [0.2, 0.25) is 15.2 Å². The molecule has 0 unspecified atom stereocenters. The predicted molar refractivity (Wildman–Crippen MR) is 74.5 cm³/mol. The highest BCUT2D eigenvalue weighted by Crippen LogP contribution is 2.35. The van der Waals surface area contributed by atoms with Crippen LogP contribution >= 0.6 is 34.8 Å². The predicted octanol–water partition coefficient (Wildman–Crippen LogP) is 3.92. The smallest absolute Gasteiger partial charge is 0.312 e. The van der Waals surface area contributed by atoms with E-state index in [4.69, 9.17) is 39.5 Å². The van der Waals surface area contributed by atoms with Gasteiger partial charge in [-0.25, -0.2) is 4.98 Å². The number of halogens is 3. The van der Waals surface area contributed by atoms with Gasteiger partial charge in [0.1, 0.15) is 11.8 Å². The topological polar surface area (TPSA) is 78.2 Å². The zero-order valence-electron chi connectivity index (χ0n) is 9.72. The van der Waals surface area contributed by atoms with Crippen LogP contribution in [-0.4, -0.2) is 14.9 Å². The SMILES string of the molecule is O=[N+]([O-])c1cc(Cl)c(Cl)cc1OCc1cnc(Cl)cn1. The van der Waals surface area contributed by atoms with E-state index in [0.29, 0.717) is 5.69 Å². The standard InChI is InChI=1S/C11H6Cl3N3O3/c12-7-1-9(17(18)19)10(2-8(7)13)20-5-6-3-16-11(14)4-15-6/h1-4H,5H2. The van der Waals surface area contributed by atoms with Gasteiger partial charge in [0, 0.05) is 12.1 Å². The third-order valence-corrected chi connectivity index (χ3v) is 3.17. The van der Waals surface area contributed by atoms with Crippen LogP contribution in [0.3, 0.4) is 0 Å². The van der Waals surface area contributed by atoms with Crippen LogP contribution in [0.4, 0.5) is 5.69 Å². The number of nitrogens with zero attached hydrogens (tertiary/aromatic N) is 3. The molecule has 0 aliphatic rings. The van der Waals surface area contributed by atoms with Gasteiger partial charge in [-0.3, -0.25) is 15.1 Å². The molecular formula is C11H6Cl3N3O3. The molecule has 0 N–H and O–H groups in total. The number of nitro groups is 1. The lowest BCUT2D eigenvalue weighted by molar-refractivity contribution is -0.385. The molecule has 0 spiro atoms. The molecule has 0 aliphatic heterocycles. The molecule has 0 saturated carbocycles. The van der Waals surface area contributed by atoms with Crippen molar-refractivity contribution in [3.8, 4) is 5.75 Å². The maximum atomic E-state index is 10.9. The molecule has 0 bridgehead atoms. The lowest BCUT2D eigenvalue weighted by Crippen LogP contribution is -2.01. The molecule has 0 saturated heterocycles. The molecule has 0 aliphatic carbocycles. The fraction of sp³-hybridized carbons (Fsp3) is 0.0909. The van der Waals surface area contributed by atoms with E-state index in [9.17, 15) is 10.1 Å². The summed E-state index contributed by atoms with van der Waals surface area (Å²) in [5.74, 6) is 0.00106. The minimum absolute atomic E-state index is 0.00106. The van der Waals surface area contributed by atoms with Gasteiger partial charge in [0.15, 0.2) is 5.75 Å². The van der Waals surface area contributed by atoms with Crippen LogP contribution in [-0.2, 0) is 6.61 Å². The van der Waals surface area contributed by atoms with Gasteiger partial charge in [-0.2, -0.15) is 0 Å². The number of rotatable bonds is 4. The summed E-state index contributed by atoms with van der Waals surface area (Å²) in [5, 5.41) is 11.4. The number of nitro benzene ring substituents is 1. The first-order chi connectivity index (χ1) is 9.47. The van der Waals surface area contributed by atoms with Crippen molar-refractivity contribution in [2.45, 2.75) is 6.61 Å². The Kier molecular flexibility index (Phi) is 4.59. The van der Waals surface area contributed by atoms with E-state index in [1.807, 2.05) is 0 Å². The van der Waals surface area contributed by atoms with Crippen molar-refractivity contribution in [2.24, 2.45) is 0 Å². The molecule has 104 valence electrons. The van der Waals surface area contributed by atoms with Crippen molar-refractivity contribution in [1.29, 1.82) is 0 Å². The molecular weight excluding hydrogens is 328 g/mol. The molecule has 0 radical (unpaired) electrons. The van der Waals surface area contributed by atoms with E-state index in [2.05, 4.69) is 9.97 Å². The minimum atomic E-state index is -0.606. The second-order valence-corrected chi connectivity index (χ2v) is 4.81. The lowest BCUT2D eigenvalue weighted by Gasteiger charge is -2.07. The largest absolute Gasteiger partial charge is 0.480 e. The molecule has 2 rings (SSSR count). The maximum Gasteiger partial charge on any atom is 0.312 e. The molecule has 6 nitrogen and oxygen atoms in total. The van der Waals surface area contributed by atoms with Crippen molar-refractivity contribution in [1.82, 2.24) is 9.97 Å². The van der Waals surface area contributed by atoms with E-state index in [-0.39, 0.29) is 33.2 Å². The van der Waals surface area contributed by atoms with Gasteiger partial charge in [0.25, 0.3) is 0 Å². The van der Waals surface area contributed by atoms with Crippen molar-refractivity contribution in [2.75, 3.05) is 0 Å². The van der Waals surface area contributed by atoms with Gasteiger partial charge in [0.2, 0.25) is 0 Å². The van der Waals surface area contributed by atoms with Crippen molar-refractivity contribution >= 4 is 40.5 Å². The minimum Gasteiger partial charge on any atom is -0.480 e. The van der Waals surface area contributed by atoms with Crippen molar-refractivity contribution in [3.05, 3.63) is 55.5 Å². The average molecular weight is 335 g/mol. The summed E-state index contributed by atoms with van der Waals surface area (Å²) in [6.45, 7) is -0.0109. The first-order valence-corrected chi connectivity index (χ1v) is 6.33. The van der Waals surface area contributed by atoms with Crippen molar-refractivity contribution in [3.63, 3.8) is 0 Å². The number of hydrogen-bond donors (Lipinski definition) is 0. The first kappa shape index (κ1) is 14.8. The second-order valence-electron chi connectivity index (χ2n) is 3.61. The Hall–Kier alpha value is -1.63. The lowest BCUT2D eigenvalue weighted by atomic mass is 10.3. The summed E-state index contributed by atoms with van der Waals surface area (Å²) in [7, 11) is 0. The van der Waals surface area contributed by atoms with Crippen LogP contribution in [0.5, 0.6) is 5.75 Å². The molecule has 2 aromatic rings. The third-order valence-electron chi connectivity index (χ3n) is 2.25. The number of hydrogen-bond acceptors (Lipinski definition) is 5. The Bertz CT molecular complexity index is 649. The van der Waals surface area contributed by atoms with Crippen LogP contribution in [0, 0.1) is 10.1 Å². The summed E-state index contributed by atoms with van der Waals surface area (Å²) < 4.78 is 5.33. The fourth-order valence-corrected chi connectivity index (χ4v) is 1.75. The third kappa shape index (κ3) is 3.47. The van der Waals surface area contributed by atoms with E-state index in [1.54, 1.807) is 0 Å². The fourth-order valence-electron chi connectivity index (χ4n) is 1.34. The molecule has 1 aromatic carbocycles. The Morgan fingerprint density at radius 1 is 1.15 bits per heavy atom. The second kappa shape index (κ2) is 6.21. The average Bonchev–Trinajstić information content (AvgIpc) is 2.41. The Labute approximate surface area is 128 Å². The highest BCUT2D eigenvalue weighted by Gasteiger charge is 2.18. The molecule has 9 heteroatoms. The Balaban J connectivity index is 2.22. The van der Waals surface area contributed by atoms with Gasteiger partial charge < -0.3 is 4.74 Å². The van der Waals surface area contributed by atoms with Gasteiger partial charge in [0.05, 0.1) is 33.1 Å². The highest BCUT2D eigenvalue weighted by molar-refractivity contribution is 6.42. The molecule has 0 amide bonds. The van der Waals surface area contributed by atoms with Gasteiger partial charge in [-0.1, -0.05) is 34.8 Å². The number of ether oxygens (including phenoxy) is 1. The van der Waals surface area contributed by atoms with Crippen LogP contribution < -0.4 is 4.74 Å². The summed E-state index contributed by atoms with van der Waals surface area (Å²) in [5.41, 5.74) is 0.191. The quantitative estimate of drug-likeness (QED) is 0.625. The van der Waals surface area contributed by atoms with Gasteiger partial charge in [-0.15, -0.1) is 0 Å². The highest BCUT2D eigenvalue weighted by atomic mass is 35.5. The molecule has 1 aromatic heterocycles.